The topological polar surface area (TPSA) is 414 Å². The Morgan fingerprint density at radius 1 is 0.390 bits per heavy atom. The molecule has 4 amide bonds. The van der Waals surface area contributed by atoms with Gasteiger partial charge in [-0.05, 0) is 249 Å². The monoisotopic (exact) mass is 2180 g/mol. The molecule has 27 nitrogen and oxygen atoms in total. The van der Waals surface area contributed by atoms with Crippen molar-refractivity contribution in [2.75, 3.05) is 0 Å². The Labute approximate surface area is 873 Å². The molecule has 20 rings (SSSR count). The summed E-state index contributed by atoms with van der Waals surface area (Å²) in [6.45, 7) is 4.09. The van der Waals surface area contributed by atoms with Crippen molar-refractivity contribution in [3.8, 4) is 24.3 Å². The molecule has 4 fully saturated rings. The van der Waals surface area contributed by atoms with Crippen LogP contribution in [0.15, 0.2) is 228 Å². The molecular formula is C109H92Br2Cl4F4N12O15. The molecule has 0 spiro atoms. The molecule has 4 saturated carbocycles. The molecule has 12 atom stereocenters. The van der Waals surface area contributed by atoms with E-state index in [2.05, 4.69) is 51.8 Å². The number of hydrogen-bond donors (Lipinski definition) is 7. The highest BCUT2D eigenvalue weighted by Crippen LogP contribution is 2.56. The number of Topliss-reactive ketones (excluding diaryl/α,β-unsaturated/α-hetero) is 1. The van der Waals surface area contributed by atoms with Gasteiger partial charge in [-0.3, -0.25) is 63.5 Å². The van der Waals surface area contributed by atoms with Crippen LogP contribution in [0.4, 0.5) is 17.6 Å². The molecule has 748 valence electrons. The highest BCUT2D eigenvalue weighted by molar-refractivity contribution is 9.10. The number of carbonyl (C=O) groups excluding carboxylic acids is 5. The van der Waals surface area contributed by atoms with Crippen molar-refractivity contribution >= 4 is 108 Å². The molecule has 8 heterocycles. The van der Waals surface area contributed by atoms with E-state index >= 15 is 13.2 Å². The quantitative estimate of drug-likeness (QED) is 0.0275. The van der Waals surface area contributed by atoms with Crippen molar-refractivity contribution in [1.29, 1.82) is 21.0 Å². The Bertz CT molecular complexity index is 7170. The van der Waals surface area contributed by atoms with Crippen LogP contribution >= 0.6 is 78.3 Å². The Kier molecular flexibility index (Phi) is 32.1. The molecule has 146 heavy (non-hydrogen) atoms. The third-order valence-corrected chi connectivity index (χ3v) is 28.8. The molecule has 8 aromatic carbocycles. The lowest BCUT2D eigenvalue weighted by atomic mass is 9.88. The van der Waals surface area contributed by atoms with E-state index in [9.17, 15) is 53.9 Å². The fourth-order valence-corrected chi connectivity index (χ4v) is 21.0. The summed E-state index contributed by atoms with van der Waals surface area (Å²) in [5, 5.41) is 110. The minimum Gasteiger partial charge on any atom is -0.390 e. The molecule has 9 unspecified atom stereocenters. The second-order valence-electron chi connectivity index (χ2n) is 36.8. The SMILES string of the molecule is CC(=O)c1cc(F)c2c(c1)C(=O)N(Cc1ccc(C#N)cn1)C2(OC1CCCC1O)c1ccc(Cl)cc1.CC(C)(O)c1cc(F)c2c(c1)C(=O)N(Cc1ccc(C#N)cn1)[C@@]2(OC1CCCC1O)c1ccc(Cl)cc1.N#Cc1ccc(CN2C(=O)c3cc(Br)cc(F)c3C2(O)c2ccc(Cl)cc2)nc1.N#Cc1ccc(CN2C(=O)c3cc(Br)cc(F)c3C2(OC2CCCC2O)c2ccc(Cl)cc2)nc1.O[C@H]1CCC[C@@H]1O. The van der Waals surface area contributed by atoms with Crippen molar-refractivity contribution in [3.63, 3.8) is 0 Å². The number of aliphatic hydroxyl groups excluding tert-OH is 5. The number of halogens is 10. The number of rotatable bonds is 20. The van der Waals surface area contributed by atoms with Crippen LogP contribution < -0.4 is 0 Å². The van der Waals surface area contributed by atoms with Gasteiger partial charge < -0.3 is 50.0 Å². The molecule has 4 aliphatic carbocycles. The zero-order valence-electron chi connectivity index (χ0n) is 78.3. The van der Waals surface area contributed by atoms with Gasteiger partial charge in [0.25, 0.3) is 23.6 Å². The Morgan fingerprint density at radius 2 is 0.664 bits per heavy atom. The lowest BCUT2D eigenvalue weighted by Crippen LogP contribution is -2.50. The van der Waals surface area contributed by atoms with E-state index in [1.54, 1.807) is 152 Å². The number of aliphatic hydroxyl groups is 7. The van der Waals surface area contributed by atoms with Gasteiger partial charge in [-0.25, -0.2) is 17.6 Å². The highest BCUT2D eigenvalue weighted by Gasteiger charge is 2.61. The predicted octanol–water partition coefficient (Wildman–Crippen LogP) is 19.0. The number of nitriles is 4. The summed E-state index contributed by atoms with van der Waals surface area (Å²) in [7, 11) is 0. The maximum atomic E-state index is 16.2. The summed E-state index contributed by atoms with van der Waals surface area (Å²) in [6, 6.07) is 57.7. The number of carbonyl (C=O) groups is 5. The first-order valence-electron chi connectivity index (χ1n) is 46.6. The van der Waals surface area contributed by atoms with Crippen molar-refractivity contribution in [1.82, 2.24) is 39.5 Å². The number of ether oxygens (including phenoxy) is 3. The van der Waals surface area contributed by atoms with Crippen LogP contribution in [0.5, 0.6) is 0 Å². The third-order valence-electron chi connectivity index (χ3n) is 26.9. The van der Waals surface area contributed by atoms with Crippen molar-refractivity contribution < 1.29 is 91.5 Å². The van der Waals surface area contributed by atoms with Crippen molar-refractivity contribution in [3.05, 3.63) is 394 Å². The van der Waals surface area contributed by atoms with Gasteiger partial charge >= 0.3 is 0 Å². The maximum Gasteiger partial charge on any atom is 0.257 e. The van der Waals surface area contributed by atoms with Crippen LogP contribution in [0, 0.1) is 68.6 Å². The Morgan fingerprint density at radius 3 is 0.952 bits per heavy atom. The van der Waals surface area contributed by atoms with Crippen LogP contribution in [0.3, 0.4) is 0 Å². The zero-order valence-corrected chi connectivity index (χ0v) is 84.5. The number of fused-ring (bicyclic) bond motifs is 4. The highest BCUT2D eigenvalue weighted by atomic mass is 79.9. The van der Waals surface area contributed by atoms with Gasteiger partial charge in [0.2, 0.25) is 17.2 Å². The molecule has 4 aromatic heterocycles. The molecule has 4 aliphatic heterocycles. The Balaban J connectivity index is 0.000000136. The molecule has 0 saturated heterocycles. The van der Waals surface area contributed by atoms with E-state index in [4.69, 9.17) is 91.9 Å². The minimum absolute atomic E-state index is 0.00119. The number of amides is 4. The van der Waals surface area contributed by atoms with Gasteiger partial charge in [-0.2, -0.15) is 21.0 Å². The summed E-state index contributed by atoms with van der Waals surface area (Å²) in [4.78, 5) is 89.7. The first-order chi connectivity index (χ1) is 69.8. The van der Waals surface area contributed by atoms with E-state index < -0.39 is 124 Å². The summed E-state index contributed by atoms with van der Waals surface area (Å²) in [5.74, 6) is -5.23. The first kappa shape index (κ1) is 106. The van der Waals surface area contributed by atoms with E-state index in [-0.39, 0.29) is 87.6 Å². The van der Waals surface area contributed by atoms with Gasteiger partial charge in [0.05, 0.1) is 170 Å². The lowest BCUT2D eigenvalue weighted by molar-refractivity contribution is -0.169. The summed E-state index contributed by atoms with van der Waals surface area (Å²) in [5.41, 5.74) is -3.09. The van der Waals surface area contributed by atoms with Gasteiger partial charge in [-0.15, -0.1) is 0 Å². The Hall–Kier alpha value is -12.7. The molecule has 7 N–H and O–H groups in total. The van der Waals surface area contributed by atoms with E-state index in [1.807, 2.05) is 24.3 Å². The van der Waals surface area contributed by atoms with Crippen molar-refractivity contribution in [2.45, 2.75) is 201 Å². The normalized spacial score (nSPS) is 22.9. The number of pyridine rings is 4. The van der Waals surface area contributed by atoms with E-state index in [1.165, 1.54) is 96.7 Å². The van der Waals surface area contributed by atoms with Crippen molar-refractivity contribution in [2.24, 2.45) is 0 Å². The fraction of sp³-hybridized carbons (Fsp3) is 0.294. The number of hydrogen-bond acceptors (Lipinski definition) is 23. The molecule has 37 heteroatoms. The van der Waals surface area contributed by atoms with Crippen LogP contribution in [0.1, 0.15) is 245 Å². The molecule has 12 aromatic rings. The second-order valence-corrected chi connectivity index (χ2v) is 40.4. The molecule has 0 bridgehead atoms. The number of benzene rings is 8. The fourth-order valence-electron chi connectivity index (χ4n) is 19.6. The predicted molar refractivity (Wildman–Crippen MR) is 533 cm³/mol. The molecule has 0 radical (unpaired) electrons. The van der Waals surface area contributed by atoms with E-state index in [0.29, 0.717) is 141 Å². The average Bonchev–Trinajstić information content (AvgIpc) is 1.51. The number of aromatic nitrogens is 4. The number of nitrogens with zero attached hydrogens (tertiary/aromatic N) is 12. The number of ketones is 1. The summed E-state index contributed by atoms with van der Waals surface area (Å²) in [6.07, 6.45) is 8.43. The van der Waals surface area contributed by atoms with Gasteiger partial charge in [0.15, 0.2) is 11.5 Å². The van der Waals surface area contributed by atoms with Gasteiger partial charge in [0, 0.05) is 81.6 Å². The van der Waals surface area contributed by atoms with E-state index in [0.717, 1.165) is 43.1 Å². The smallest absolute Gasteiger partial charge is 0.257 e. The second kappa shape index (κ2) is 44.2. The van der Waals surface area contributed by atoms with Crippen LogP contribution in [-0.4, -0.2) is 154 Å². The van der Waals surface area contributed by atoms with Crippen LogP contribution in [-0.2, 0) is 68.9 Å². The summed E-state index contributed by atoms with van der Waals surface area (Å²) < 4.78 is 83.6. The largest absolute Gasteiger partial charge is 0.390 e. The van der Waals surface area contributed by atoms with Gasteiger partial charge in [-0.1, -0.05) is 127 Å². The third kappa shape index (κ3) is 21.2. The molecular weight excluding hydrogens is 2090 g/mol. The first-order valence-corrected chi connectivity index (χ1v) is 49.7. The maximum absolute atomic E-state index is 16.2. The average molecular weight is 2190 g/mol. The summed E-state index contributed by atoms with van der Waals surface area (Å²) >= 11 is 30.9. The zero-order chi connectivity index (χ0) is 104. The van der Waals surface area contributed by atoms with Gasteiger partial charge in [0.1, 0.15) is 47.5 Å². The standard InChI is InChI=1S/C29H27ClFN3O4.C28H23ClFN3O4.C26H20BrClFN3O3.C21H12BrClFN3O2.C5H10O2/c1-28(2,37)19-12-22-26(23(31)13-19)29(18-7-9-20(30)10-8-18,38-25-5-3-4-24(25)35)34(27(22)36)16-21-11-6-17(14-32)15-33-21;1-16(34)18-11-22-26(23(30)12-18)28(19-6-8-20(29)9-7-19,37-25-4-2-3-24(25)35)33(27(22)36)15-21-10-5-17(13-31)14-32-21;27-17-10-20-24(21(29)11-17)26(16-5-7-18(28)8-6-16,35-23-3-1-2-22(23)33)32(25(20)34)14-19-9-4-15(12-30)13-31-19;22-14-7-17-19(18(24)8-14)21(29,13-2-4-15(23)5-3-13)27(20(17)28)11-16-6-1-12(9-25)10-26-16;6-4-2-1-3-5(4)7/h6-13,15,24-25,35,37H,3-5,16H2,1-2H3;5-12,14,24-25,35H,2-4,15H2,1H3;4-11,13,22-23,33H,1-3,14H2;1-8,10,29H,11H2;4-7H,1-3H2/t24?,25?,29-;;;;4-,5-/m1...0/s1. The molecule has 8 aliphatic rings. The van der Waals surface area contributed by atoms with Crippen LogP contribution in [0.2, 0.25) is 20.1 Å². The minimum atomic E-state index is -2.04. The lowest BCUT2D eigenvalue weighted by Gasteiger charge is -2.42. The van der Waals surface area contributed by atoms with Crippen LogP contribution in [0.25, 0.3) is 0 Å².